The number of ether oxygens (including phenoxy) is 1. The maximum Gasteiger partial charge on any atom is 0.269 e. The lowest BCUT2D eigenvalue weighted by molar-refractivity contribution is -0.384. The van der Waals surface area contributed by atoms with Gasteiger partial charge in [0.05, 0.1) is 24.6 Å². The lowest BCUT2D eigenvalue weighted by Gasteiger charge is -2.23. The molecule has 0 atom stereocenters. The van der Waals surface area contributed by atoms with Crippen LogP contribution in [-0.4, -0.2) is 67.4 Å². The second-order valence-corrected chi connectivity index (χ2v) is 6.79. The number of nitro groups is 1. The molecule has 0 aromatic heterocycles. The number of amides is 1. The van der Waals surface area contributed by atoms with Crippen molar-refractivity contribution in [3.8, 4) is 5.75 Å². The molecule has 0 saturated heterocycles. The minimum atomic E-state index is -0.437. The van der Waals surface area contributed by atoms with Crippen LogP contribution in [0, 0.1) is 10.1 Å². The van der Waals surface area contributed by atoms with Crippen molar-refractivity contribution in [1.82, 2.24) is 15.1 Å². The van der Waals surface area contributed by atoms with Crippen molar-refractivity contribution in [3.63, 3.8) is 0 Å². The summed E-state index contributed by atoms with van der Waals surface area (Å²) in [6.07, 6.45) is 0. The number of para-hydroxylation sites is 1. The Bertz CT molecular complexity index is 853. The molecule has 9 nitrogen and oxygen atoms in total. The maximum atomic E-state index is 11.9. The zero-order chi connectivity index (χ0) is 21.9. The van der Waals surface area contributed by atoms with E-state index < -0.39 is 4.92 Å². The Morgan fingerprint density at radius 3 is 2.37 bits per heavy atom. The predicted molar refractivity (Wildman–Crippen MR) is 115 cm³/mol. The first kappa shape index (κ1) is 22.7. The molecule has 30 heavy (non-hydrogen) atoms. The molecule has 0 fully saturated rings. The van der Waals surface area contributed by atoms with Gasteiger partial charge in [0.25, 0.3) is 5.69 Å². The van der Waals surface area contributed by atoms with Crippen LogP contribution in [0.3, 0.4) is 0 Å². The number of hydrogen-bond donors (Lipinski definition) is 1. The highest BCUT2D eigenvalue weighted by Crippen LogP contribution is 2.12. The lowest BCUT2D eigenvalue weighted by atomic mass is 10.2. The van der Waals surface area contributed by atoms with Crippen LogP contribution in [0.2, 0.25) is 0 Å². The van der Waals surface area contributed by atoms with Gasteiger partial charge < -0.3 is 19.9 Å². The van der Waals surface area contributed by atoms with Gasteiger partial charge in [-0.2, -0.15) is 0 Å². The van der Waals surface area contributed by atoms with E-state index in [4.69, 9.17) is 4.74 Å². The summed E-state index contributed by atoms with van der Waals surface area (Å²) < 4.78 is 5.73. The fraction of sp³-hybridized carbons (Fsp3) is 0.333. The van der Waals surface area contributed by atoms with E-state index in [1.54, 1.807) is 26.2 Å². The normalized spacial score (nSPS) is 11.0. The van der Waals surface area contributed by atoms with Crippen molar-refractivity contribution < 1.29 is 14.5 Å². The molecule has 2 rings (SSSR count). The van der Waals surface area contributed by atoms with Crippen LogP contribution in [-0.2, 0) is 11.3 Å². The molecule has 0 spiro atoms. The maximum absolute atomic E-state index is 11.9. The van der Waals surface area contributed by atoms with Gasteiger partial charge in [0.15, 0.2) is 5.96 Å². The smallest absolute Gasteiger partial charge is 0.269 e. The van der Waals surface area contributed by atoms with Gasteiger partial charge in [0.1, 0.15) is 12.4 Å². The standard InChI is InChI=1S/C21H27N5O4/c1-24(2)20(27)16-23-21(22-15-17-9-11-18(12-10-17)26(28)29)25(3)13-14-30-19-7-5-4-6-8-19/h4-12H,13-16H2,1-3H3,(H,22,23). The van der Waals surface area contributed by atoms with Gasteiger partial charge in [0, 0.05) is 33.3 Å². The molecule has 0 radical (unpaired) electrons. The minimum absolute atomic E-state index is 0.0350. The molecule has 0 aliphatic carbocycles. The summed E-state index contributed by atoms with van der Waals surface area (Å²) in [4.78, 5) is 30.2. The number of carbonyl (C=O) groups excluding carboxylic acids is 1. The monoisotopic (exact) mass is 413 g/mol. The Labute approximate surface area is 176 Å². The third-order valence-corrected chi connectivity index (χ3v) is 4.26. The summed E-state index contributed by atoms with van der Waals surface area (Å²) in [5.74, 6) is 1.25. The van der Waals surface area contributed by atoms with Crippen LogP contribution in [0.5, 0.6) is 5.75 Å². The molecule has 160 valence electrons. The summed E-state index contributed by atoms with van der Waals surface area (Å²) in [6.45, 7) is 1.42. The number of non-ortho nitro benzene ring substituents is 1. The Morgan fingerprint density at radius 1 is 1.10 bits per heavy atom. The number of likely N-dealkylation sites (N-methyl/N-ethyl adjacent to an activating group) is 2. The summed E-state index contributed by atoms with van der Waals surface area (Å²) >= 11 is 0. The number of aliphatic imine (C=N–C) groups is 1. The molecule has 9 heteroatoms. The van der Waals surface area contributed by atoms with Gasteiger partial charge in [-0.25, -0.2) is 4.99 Å². The number of nitro benzene ring substituents is 1. The summed E-state index contributed by atoms with van der Waals surface area (Å²) in [7, 11) is 5.24. The first-order valence-electron chi connectivity index (χ1n) is 9.47. The van der Waals surface area contributed by atoms with Crippen molar-refractivity contribution >= 4 is 17.6 Å². The molecule has 2 aromatic rings. The van der Waals surface area contributed by atoms with Crippen molar-refractivity contribution in [2.75, 3.05) is 40.8 Å². The molecule has 0 heterocycles. The Hall–Kier alpha value is -3.62. The third-order valence-electron chi connectivity index (χ3n) is 4.26. The molecule has 0 unspecified atom stereocenters. The number of hydrogen-bond acceptors (Lipinski definition) is 5. The van der Waals surface area contributed by atoms with E-state index in [0.29, 0.717) is 25.7 Å². The van der Waals surface area contributed by atoms with Crippen molar-refractivity contribution in [2.24, 2.45) is 4.99 Å². The summed E-state index contributed by atoms with van der Waals surface area (Å²) in [5.41, 5.74) is 0.862. The summed E-state index contributed by atoms with van der Waals surface area (Å²) in [5, 5.41) is 13.9. The number of nitrogens with zero attached hydrogens (tertiary/aromatic N) is 4. The van der Waals surface area contributed by atoms with Gasteiger partial charge in [-0.15, -0.1) is 0 Å². The molecular formula is C21H27N5O4. The van der Waals surface area contributed by atoms with E-state index in [1.807, 2.05) is 42.3 Å². The Kier molecular flexibility index (Phi) is 8.61. The molecular weight excluding hydrogens is 386 g/mol. The SMILES string of the molecule is CN(C)C(=O)CNC(=NCc1ccc([N+](=O)[O-])cc1)N(C)CCOc1ccccc1. The van der Waals surface area contributed by atoms with Crippen LogP contribution < -0.4 is 10.1 Å². The lowest BCUT2D eigenvalue weighted by Crippen LogP contribution is -2.45. The van der Waals surface area contributed by atoms with Crippen LogP contribution in [0.1, 0.15) is 5.56 Å². The van der Waals surface area contributed by atoms with Crippen LogP contribution in [0.25, 0.3) is 0 Å². The first-order chi connectivity index (χ1) is 14.4. The number of guanidine groups is 1. The largest absolute Gasteiger partial charge is 0.492 e. The van der Waals surface area contributed by atoms with Crippen LogP contribution in [0.4, 0.5) is 5.69 Å². The third kappa shape index (κ3) is 7.42. The van der Waals surface area contributed by atoms with Gasteiger partial charge in [-0.05, 0) is 17.7 Å². The van der Waals surface area contributed by atoms with E-state index in [0.717, 1.165) is 11.3 Å². The van der Waals surface area contributed by atoms with E-state index in [2.05, 4.69) is 10.3 Å². The highest BCUT2D eigenvalue weighted by molar-refractivity contribution is 5.86. The van der Waals surface area contributed by atoms with Gasteiger partial charge >= 0.3 is 0 Å². The van der Waals surface area contributed by atoms with Gasteiger partial charge in [0.2, 0.25) is 5.91 Å². The van der Waals surface area contributed by atoms with Crippen molar-refractivity contribution in [1.29, 1.82) is 0 Å². The number of rotatable bonds is 9. The highest BCUT2D eigenvalue weighted by atomic mass is 16.6. The zero-order valence-electron chi connectivity index (χ0n) is 17.4. The van der Waals surface area contributed by atoms with Crippen molar-refractivity contribution in [3.05, 3.63) is 70.3 Å². The average Bonchev–Trinajstić information content (AvgIpc) is 2.74. The van der Waals surface area contributed by atoms with E-state index >= 15 is 0 Å². The molecule has 2 aromatic carbocycles. The molecule has 0 saturated carbocycles. The van der Waals surface area contributed by atoms with Crippen LogP contribution in [0.15, 0.2) is 59.6 Å². The van der Waals surface area contributed by atoms with E-state index in [-0.39, 0.29) is 18.1 Å². The zero-order valence-corrected chi connectivity index (χ0v) is 17.4. The van der Waals surface area contributed by atoms with E-state index in [9.17, 15) is 14.9 Å². The highest BCUT2D eigenvalue weighted by Gasteiger charge is 2.11. The molecule has 0 aliphatic heterocycles. The molecule has 0 aliphatic rings. The van der Waals surface area contributed by atoms with Gasteiger partial charge in [-0.3, -0.25) is 14.9 Å². The fourth-order valence-electron chi connectivity index (χ4n) is 2.44. The fourth-order valence-corrected chi connectivity index (χ4v) is 2.44. The molecule has 1 amide bonds. The second-order valence-electron chi connectivity index (χ2n) is 6.79. The quantitative estimate of drug-likeness (QED) is 0.293. The Balaban J connectivity index is 2.01. The first-order valence-corrected chi connectivity index (χ1v) is 9.47. The number of benzene rings is 2. The van der Waals surface area contributed by atoms with Gasteiger partial charge in [-0.1, -0.05) is 30.3 Å². The summed E-state index contributed by atoms with van der Waals surface area (Å²) in [6, 6.07) is 15.7. The van der Waals surface area contributed by atoms with E-state index in [1.165, 1.54) is 17.0 Å². The average molecular weight is 413 g/mol. The number of nitrogens with one attached hydrogen (secondary N) is 1. The minimum Gasteiger partial charge on any atom is -0.492 e. The Morgan fingerprint density at radius 2 is 1.77 bits per heavy atom. The predicted octanol–water partition coefficient (Wildman–Crippen LogP) is 2.14. The molecule has 0 bridgehead atoms. The topological polar surface area (TPSA) is 100 Å². The number of carbonyl (C=O) groups is 1. The van der Waals surface area contributed by atoms with Crippen LogP contribution >= 0.6 is 0 Å². The van der Waals surface area contributed by atoms with Crippen molar-refractivity contribution in [2.45, 2.75) is 6.54 Å². The second kappa shape index (κ2) is 11.4. The molecule has 1 N–H and O–H groups in total.